The van der Waals surface area contributed by atoms with Gasteiger partial charge < -0.3 is 9.72 Å². The van der Waals surface area contributed by atoms with E-state index in [2.05, 4.69) is 11.6 Å². The molecule has 0 atom stereocenters. The van der Waals surface area contributed by atoms with Gasteiger partial charge in [-0.05, 0) is 6.07 Å². The summed E-state index contributed by atoms with van der Waals surface area (Å²) in [6.45, 7) is 3.44. The van der Waals surface area contributed by atoms with E-state index in [4.69, 9.17) is 4.74 Å². The van der Waals surface area contributed by atoms with Crippen LogP contribution in [0, 0.1) is 0 Å². The van der Waals surface area contributed by atoms with Crippen molar-refractivity contribution in [3.8, 4) is 0 Å². The molecule has 17 heavy (non-hydrogen) atoms. The van der Waals surface area contributed by atoms with E-state index in [9.17, 15) is 9.59 Å². The van der Waals surface area contributed by atoms with Crippen LogP contribution < -0.4 is 0 Å². The predicted octanol–water partition coefficient (Wildman–Crippen LogP) is 2.08. The second-order valence-corrected chi connectivity index (χ2v) is 3.46. The van der Waals surface area contributed by atoms with Crippen LogP contribution >= 0.6 is 0 Å². The molecular weight excluding hydrogens is 218 g/mol. The van der Waals surface area contributed by atoms with Crippen molar-refractivity contribution in [3.63, 3.8) is 0 Å². The quantitative estimate of drug-likeness (QED) is 0.378. The maximum absolute atomic E-state index is 11.8. The number of aromatic nitrogens is 1. The minimum Gasteiger partial charge on any atom is -0.455 e. The van der Waals surface area contributed by atoms with Gasteiger partial charge >= 0.3 is 5.97 Å². The number of hydrogen-bond donors (Lipinski definition) is 1. The van der Waals surface area contributed by atoms with E-state index in [-0.39, 0.29) is 6.61 Å². The summed E-state index contributed by atoms with van der Waals surface area (Å²) in [6.07, 6.45) is 2.93. The summed E-state index contributed by atoms with van der Waals surface area (Å²) >= 11 is 0. The molecule has 0 aliphatic heterocycles. The van der Waals surface area contributed by atoms with E-state index in [1.165, 1.54) is 12.3 Å². The number of Topliss-reactive ketones (excluding diaryl/α,β-unsaturated/α-hetero) is 1. The molecule has 0 saturated carbocycles. The number of esters is 1. The molecule has 1 aromatic heterocycles. The van der Waals surface area contributed by atoms with E-state index >= 15 is 0 Å². The third kappa shape index (κ3) is 2.10. The van der Waals surface area contributed by atoms with Crippen LogP contribution in [0.5, 0.6) is 0 Å². The Labute approximate surface area is 97.9 Å². The Morgan fingerprint density at radius 3 is 2.88 bits per heavy atom. The Morgan fingerprint density at radius 2 is 2.12 bits per heavy atom. The Hall–Kier alpha value is -2.36. The number of carbonyl (C=O) groups is 2. The summed E-state index contributed by atoms with van der Waals surface area (Å²) in [4.78, 5) is 26.1. The molecule has 0 amide bonds. The molecule has 0 aliphatic rings. The Morgan fingerprint density at radius 1 is 1.35 bits per heavy atom. The highest BCUT2D eigenvalue weighted by molar-refractivity contribution is 6.42. The van der Waals surface area contributed by atoms with E-state index in [1.54, 1.807) is 6.07 Å². The van der Waals surface area contributed by atoms with E-state index in [1.807, 2.05) is 18.2 Å². The maximum atomic E-state index is 11.8. The van der Waals surface area contributed by atoms with Crippen molar-refractivity contribution in [1.82, 2.24) is 4.98 Å². The normalized spacial score (nSPS) is 10.1. The lowest BCUT2D eigenvalue weighted by molar-refractivity contribution is -0.136. The smallest absolute Gasteiger partial charge is 0.380 e. The first kappa shape index (κ1) is 11.1. The van der Waals surface area contributed by atoms with Crippen LogP contribution in [0.15, 0.2) is 43.1 Å². The largest absolute Gasteiger partial charge is 0.455 e. The van der Waals surface area contributed by atoms with Gasteiger partial charge in [0.05, 0.1) is 5.56 Å². The van der Waals surface area contributed by atoms with Gasteiger partial charge in [0.2, 0.25) is 0 Å². The average molecular weight is 229 g/mol. The molecule has 0 unspecified atom stereocenters. The van der Waals surface area contributed by atoms with Crippen LogP contribution in [0.2, 0.25) is 0 Å². The summed E-state index contributed by atoms with van der Waals surface area (Å²) in [7, 11) is 0. The second-order valence-electron chi connectivity index (χ2n) is 3.46. The highest BCUT2D eigenvalue weighted by Gasteiger charge is 2.20. The van der Waals surface area contributed by atoms with Gasteiger partial charge in [-0.25, -0.2) is 4.79 Å². The summed E-state index contributed by atoms with van der Waals surface area (Å²) in [5.41, 5.74) is 1.14. The summed E-state index contributed by atoms with van der Waals surface area (Å²) in [6, 6.07) is 7.27. The number of benzene rings is 1. The molecule has 1 aromatic carbocycles. The third-order valence-corrected chi connectivity index (χ3v) is 2.35. The van der Waals surface area contributed by atoms with Crippen LogP contribution in [-0.2, 0) is 9.53 Å². The van der Waals surface area contributed by atoms with E-state index in [0.717, 1.165) is 5.52 Å². The highest BCUT2D eigenvalue weighted by Crippen LogP contribution is 2.18. The van der Waals surface area contributed by atoms with Crippen LogP contribution in [-0.4, -0.2) is 23.3 Å². The highest BCUT2D eigenvalue weighted by atomic mass is 16.5. The minimum atomic E-state index is -0.866. The predicted molar refractivity (Wildman–Crippen MR) is 63.8 cm³/mol. The molecule has 0 aliphatic carbocycles. The zero-order chi connectivity index (χ0) is 12.3. The fourth-order valence-corrected chi connectivity index (χ4v) is 1.57. The van der Waals surface area contributed by atoms with E-state index in [0.29, 0.717) is 10.9 Å². The number of nitrogens with one attached hydrogen (secondary N) is 1. The molecule has 0 radical (unpaired) electrons. The Balaban J connectivity index is 2.30. The lowest BCUT2D eigenvalue weighted by Crippen LogP contribution is -2.17. The topological polar surface area (TPSA) is 59.2 Å². The van der Waals surface area contributed by atoms with Crippen LogP contribution in [0.3, 0.4) is 0 Å². The van der Waals surface area contributed by atoms with Gasteiger partial charge in [-0.1, -0.05) is 30.9 Å². The molecule has 4 heteroatoms. The van der Waals surface area contributed by atoms with Crippen molar-refractivity contribution in [3.05, 3.63) is 48.7 Å². The fourth-order valence-electron chi connectivity index (χ4n) is 1.57. The van der Waals surface area contributed by atoms with E-state index < -0.39 is 11.8 Å². The van der Waals surface area contributed by atoms with Gasteiger partial charge in [-0.3, -0.25) is 4.79 Å². The molecule has 1 heterocycles. The van der Waals surface area contributed by atoms with Gasteiger partial charge in [-0.2, -0.15) is 0 Å². The average Bonchev–Trinajstić information content (AvgIpc) is 2.78. The summed E-state index contributed by atoms with van der Waals surface area (Å²) < 4.78 is 4.71. The number of rotatable bonds is 4. The zero-order valence-corrected chi connectivity index (χ0v) is 9.10. The van der Waals surface area contributed by atoms with Gasteiger partial charge in [0.25, 0.3) is 5.78 Å². The van der Waals surface area contributed by atoms with Crippen LogP contribution in [0.25, 0.3) is 10.9 Å². The molecule has 4 nitrogen and oxygen atoms in total. The number of H-pyrrole nitrogens is 1. The SMILES string of the molecule is C=CCOC(=O)C(=O)c1c[nH]c2ccccc12. The number of hydrogen-bond acceptors (Lipinski definition) is 3. The van der Waals surface area contributed by atoms with Gasteiger partial charge in [0, 0.05) is 17.1 Å². The maximum Gasteiger partial charge on any atom is 0.380 e. The summed E-state index contributed by atoms with van der Waals surface area (Å²) in [5, 5.41) is 0.716. The molecule has 2 aromatic rings. The molecule has 2 rings (SSSR count). The zero-order valence-electron chi connectivity index (χ0n) is 9.10. The first-order chi connectivity index (χ1) is 8.24. The third-order valence-electron chi connectivity index (χ3n) is 2.35. The number of aromatic amines is 1. The first-order valence-corrected chi connectivity index (χ1v) is 5.12. The van der Waals surface area contributed by atoms with Crippen molar-refractivity contribution >= 4 is 22.7 Å². The number of carbonyl (C=O) groups excluding carboxylic acids is 2. The van der Waals surface area contributed by atoms with Gasteiger partial charge in [-0.15, -0.1) is 0 Å². The molecular formula is C13H11NO3. The molecule has 0 fully saturated rings. The molecule has 86 valence electrons. The van der Waals surface area contributed by atoms with Gasteiger partial charge in [0.15, 0.2) is 0 Å². The van der Waals surface area contributed by atoms with Crippen molar-refractivity contribution < 1.29 is 14.3 Å². The Bertz CT molecular complexity index is 583. The number of ether oxygens (including phenoxy) is 1. The molecule has 0 spiro atoms. The lowest BCUT2D eigenvalue weighted by Gasteiger charge is -1.99. The number of para-hydroxylation sites is 1. The second kappa shape index (κ2) is 4.65. The number of ketones is 1. The molecule has 1 N–H and O–H groups in total. The summed E-state index contributed by atoms with van der Waals surface area (Å²) in [5.74, 6) is -1.51. The molecule has 0 bridgehead atoms. The van der Waals surface area contributed by atoms with Crippen molar-refractivity contribution in [1.29, 1.82) is 0 Å². The van der Waals surface area contributed by atoms with Crippen LogP contribution in [0.4, 0.5) is 0 Å². The van der Waals surface area contributed by atoms with Gasteiger partial charge in [0.1, 0.15) is 6.61 Å². The lowest BCUT2D eigenvalue weighted by atomic mass is 10.1. The number of fused-ring (bicyclic) bond motifs is 1. The van der Waals surface area contributed by atoms with Crippen molar-refractivity contribution in [2.24, 2.45) is 0 Å². The fraction of sp³-hybridized carbons (Fsp3) is 0.0769. The van der Waals surface area contributed by atoms with Crippen molar-refractivity contribution in [2.45, 2.75) is 0 Å². The molecule has 0 saturated heterocycles. The standard InChI is InChI=1S/C13H11NO3/c1-2-7-17-13(16)12(15)10-8-14-11-6-4-3-5-9(10)11/h2-6,8,14H,1,7H2. The Kier molecular flexibility index (Phi) is 3.05. The first-order valence-electron chi connectivity index (χ1n) is 5.12. The van der Waals surface area contributed by atoms with Crippen molar-refractivity contribution in [2.75, 3.05) is 6.61 Å². The van der Waals surface area contributed by atoms with Crippen LogP contribution in [0.1, 0.15) is 10.4 Å². The monoisotopic (exact) mass is 229 g/mol. The minimum absolute atomic E-state index is 0.0347.